The van der Waals surface area contributed by atoms with E-state index in [0.29, 0.717) is 5.75 Å². The maximum absolute atomic E-state index is 9.96. The number of nitrogens with zero attached hydrogens (tertiary/aromatic N) is 2. The van der Waals surface area contributed by atoms with Crippen molar-refractivity contribution in [1.82, 2.24) is 9.78 Å². The molecule has 0 amide bonds. The van der Waals surface area contributed by atoms with Gasteiger partial charge in [-0.3, -0.25) is 4.68 Å². The van der Waals surface area contributed by atoms with Gasteiger partial charge in [-0.05, 0) is 30.9 Å². The highest BCUT2D eigenvalue weighted by molar-refractivity contribution is 5.69. The Morgan fingerprint density at radius 3 is 2.94 bits per heavy atom. The molecule has 0 unspecified atom stereocenters. The molecule has 4 heteroatoms. The van der Waals surface area contributed by atoms with Crippen molar-refractivity contribution in [3.05, 3.63) is 30.6 Å². The molecule has 1 aliphatic rings. The summed E-state index contributed by atoms with van der Waals surface area (Å²) in [7, 11) is 1.59. The number of ether oxygens (including phenoxy) is 1. The van der Waals surface area contributed by atoms with E-state index in [9.17, 15) is 5.11 Å². The molecular formula is C14H16N2O2. The molecule has 0 saturated heterocycles. The molecular weight excluding hydrogens is 228 g/mol. The molecule has 0 aliphatic heterocycles. The van der Waals surface area contributed by atoms with E-state index in [1.54, 1.807) is 19.4 Å². The predicted octanol–water partition coefficient (Wildman–Crippen LogP) is 2.67. The molecule has 1 saturated carbocycles. The number of aromatic hydroxyl groups is 1. The van der Waals surface area contributed by atoms with Crippen LogP contribution in [0.25, 0.3) is 11.1 Å². The summed E-state index contributed by atoms with van der Waals surface area (Å²) >= 11 is 0. The first-order valence-electron chi connectivity index (χ1n) is 6.16. The smallest absolute Gasteiger partial charge is 0.127 e. The SMILES string of the molecule is COc1ccc(-c2cnn(CC3CC3)c2)c(O)c1. The number of hydrogen-bond acceptors (Lipinski definition) is 3. The third kappa shape index (κ3) is 2.18. The lowest BCUT2D eigenvalue weighted by atomic mass is 10.1. The molecule has 94 valence electrons. The van der Waals surface area contributed by atoms with Crippen LogP contribution in [0.1, 0.15) is 12.8 Å². The van der Waals surface area contributed by atoms with Gasteiger partial charge in [0.05, 0.1) is 13.3 Å². The molecule has 0 atom stereocenters. The molecule has 1 heterocycles. The predicted molar refractivity (Wildman–Crippen MR) is 68.6 cm³/mol. The van der Waals surface area contributed by atoms with Crippen LogP contribution in [0, 0.1) is 5.92 Å². The van der Waals surface area contributed by atoms with E-state index in [4.69, 9.17) is 4.74 Å². The maximum atomic E-state index is 9.96. The van der Waals surface area contributed by atoms with Gasteiger partial charge in [-0.15, -0.1) is 0 Å². The van der Waals surface area contributed by atoms with Gasteiger partial charge in [-0.25, -0.2) is 0 Å². The van der Waals surface area contributed by atoms with Gasteiger partial charge < -0.3 is 9.84 Å². The minimum atomic E-state index is 0.223. The van der Waals surface area contributed by atoms with E-state index in [1.165, 1.54) is 12.8 Å². The Kier molecular flexibility index (Phi) is 2.70. The molecule has 0 radical (unpaired) electrons. The summed E-state index contributed by atoms with van der Waals surface area (Å²) in [6, 6.07) is 5.31. The van der Waals surface area contributed by atoms with Crippen molar-refractivity contribution in [3.63, 3.8) is 0 Å². The highest BCUT2D eigenvalue weighted by Crippen LogP contribution is 2.33. The summed E-state index contributed by atoms with van der Waals surface area (Å²) in [5.41, 5.74) is 1.73. The van der Waals surface area contributed by atoms with E-state index in [-0.39, 0.29) is 5.75 Å². The van der Waals surface area contributed by atoms with E-state index in [0.717, 1.165) is 23.6 Å². The van der Waals surface area contributed by atoms with Crippen LogP contribution in [0.5, 0.6) is 11.5 Å². The Hall–Kier alpha value is -1.97. The van der Waals surface area contributed by atoms with Gasteiger partial charge in [0.1, 0.15) is 11.5 Å². The average Bonchev–Trinajstić information content (AvgIpc) is 3.06. The summed E-state index contributed by atoms with van der Waals surface area (Å²) in [6.45, 7) is 0.983. The molecule has 0 bridgehead atoms. The van der Waals surface area contributed by atoms with Crippen molar-refractivity contribution in [2.75, 3.05) is 7.11 Å². The molecule has 2 aromatic rings. The van der Waals surface area contributed by atoms with Crippen LogP contribution >= 0.6 is 0 Å². The van der Waals surface area contributed by atoms with Gasteiger partial charge in [0.2, 0.25) is 0 Å². The highest BCUT2D eigenvalue weighted by Gasteiger charge is 2.22. The standard InChI is InChI=1S/C14H16N2O2/c1-18-12-4-5-13(14(17)6-12)11-7-15-16(9-11)8-10-2-3-10/h4-7,9-10,17H,2-3,8H2,1H3. The number of rotatable bonds is 4. The van der Waals surface area contributed by atoms with Gasteiger partial charge in [0, 0.05) is 29.9 Å². The Balaban J connectivity index is 1.86. The lowest BCUT2D eigenvalue weighted by Crippen LogP contribution is -1.98. The molecule has 4 nitrogen and oxygen atoms in total. The average molecular weight is 244 g/mol. The molecule has 0 spiro atoms. The first-order chi connectivity index (χ1) is 8.76. The van der Waals surface area contributed by atoms with E-state index in [2.05, 4.69) is 5.10 Å². The Morgan fingerprint density at radius 1 is 1.44 bits per heavy atom. The fourth-order valence-corrected chi connectivity index (χ4v) is 2.05. The zero-order valence-electron chi connectivity index (χ0n) is 10.3. The van der Waals surface area contributed by atoms with Gasteiger partial charge >= 0.3 is 0 Å². The fourth-order valence-electron chi connectivity index (χ4n) is 2.05. The third-order valence-corrected chi connectivity index (χ3v) is 3.29. The molecule has 18 heavy (non-hydrogen) atoms. The summed E-state index contributed by atoms with van der Waals surface area (Å²) in [4.78, 5) is 0. The topological polar surface area (TPSA) is 47.3 Å². The Labute approximate surface area is 106 Å². The van der Waals surface area contributed by atoms with Crippen LogP contribution in [-0.4, -0.2) is 22.0 Å². The van der Waals surface area contributed by atoms with Crippen LogP contribution in [0.15, 0.2) is 30.6 Å². The van der Waals surface area contributed by atoms with Crippen LogP contribution in [0.3, 0.4) is 0 Å². The van der Waals surface area contributed by atoms with Gasteiger partial charge in [0.15, 0.2) is 0 Å². The summed E-state index contributed by atoms with van der Waals surface area (Å²) < 4.78 is 7.03. The summed E-state index contributed by atoms with van der Waals surface area (Å²) in [5, 5.41) is 14.3. The van der Waals surface area contributed by atoms with Crippen LogP contribution in [-0.2, 0) is 6.54 Å². The number of benzene rings is 1. The number of phenols is 1. The molecule has 1 aromatic carbocycles. The van der Waals surface area contributed by atoms with Crippen molar-refractivity contribution in [2.45, 2.75) is 19.4 Å². The van der Waals surface area contributed by atoms with Gasteiger partial charge in [0.25, 0.3) is 0 Å². The Bertz CT molecular complexity index is 559. The van der Waals surface area contributed by atoms with E-state index >= 15 is 0 Å². The lowest BCUT2D eigenvalue weighted by Gasteiger charge is -2.04. The highest BCUT2D eigenvalue weighted by atomic mass is 16.5. The number of aromatic nitrogens is 2. The van der Waals surface area contributed by atoms with Gasteiger partial charge in [-0.1, -0.05) is 0 Å². The molecule has 1 aliphatic carbocycles. The number of methoxy groups -OCH3 is 1. The third-order valence-electron chi connectivity index (χ3n) is 3.29. The van der Waals surface area contributed by atoms with Crippen molar-refractivity contribution < 1.29 is 9.84 Å². The van der Waals surface area contributed by atoms with Crippen LogP contribution < -0.4 is 4.74 Å². The summed E-state index contributed by atoms with van der Waals surface area (Å²) in [5.74, 6) is 1.67. The number of phenolic OH excluding ortho intramolecular Hbond substituents is 1. The second-order valence-corrected chi connectivity index (χ2v) is 4.78. The van der Waals surface area contributed by atoms with Crippen LogP contribution in [0.2, 0.25) is 0 Å². The van der Waals surface area contributed by atoms with Crippen LogP contribution in [0.4, 0.5) is 0 Å². The second kappa shape index (κ2) is 4.37. The van der Waals surface area contributed by atoms with E-state index < -0.39 is 0 Å². The number of hydrogen-bond donors (Lipinski definition) is 1. The molecule has 1 fully saturated rings. The Morgan fingerprint density at radius 2 is 2.28 bits per heavy atom. The van der Waals surface area contributed by atoms with Crippen molar-refractivity contribution in [1.29, 1.82) is 0 Å². The first-order valence-corrected chi connectivity index (χ1v) is 6.16. The quantitative estimate of drug-likeness (QED) is 0.899. The second-order valence-electron chi connectivity index (χ2n) is 4.78. The van der Waals surface area contributed by atoms with E-state index in [1.807, 2.05) is 23.0 Å². The van der Waals surface area contributed by atoms with Gasteiger partial charge in [-0.2, -0.15) is 5.10 Å². The van der Waals surface area contributed by atoms with Crippen molar-refractivity contribution in [3.8, 4) is 22.6 Å². The molecule has 3 rings (SSSR count). The minimum Gasteiger partial charge on any atom is -0.507 e. The normalized spacial score (nSPS) is 14.7. The lowest BCUT2D eigenvalue weighted by molar-refractivity contribution is 0.408. The largest absolute Gasteiger partial charge is 0.507 e. The fraction of sp³-hybridized carbons (Fsp3) is 0.357. The zero-order valence-corrected chi connectivity index (χ0v) is 10.3. The molecule has 1 N–H and O–H groups in total. The van der Waals surface area contributed by atoms with Crippen molar-refractivity contribution >= 4 is 0 Å². The molecule has 1 aromatic heterocycles. The minimum absolute atomic E-state index is 0.223. The maximum Gasteiger partial charge on any atom is 0.127 e. The summed E-state index contributed by atoms with van der Waals surface area (Å²) in [6.07, 6.45) is 6.40. The van der Waals surface area contributed by atoms with Crippen molar-refractivity contribution in [2.24, 2.45) is 5.92 Å². The zero-order chi connectivity index (χ0) is 12.5. The monoisotopic (exact) mass is 244 g/mol. The first kappa shape index (κ1) is 11.1.